The van der Waals surface area contributed by atoms with E-state index in [4.69, 9.17) is 4.74 Å². The van der Waals surface area contributed by atoms with Gasteiger partial charge in [0, 0.05) is 35.5 Å². The van der Waals surface area contributed by atoms with Crippen LogP contribution in [0, 0.1) is 5.82 Å². The van der Waals surface area contributed by atoms with Crippen LogP contribution in [0.4, 0.5) is 4.39 Å². The molecule has 0 unspecified atom stereocenters. The molecule has 2 amide bonds. The predicted octanol–water partition coefficient (Wildman–Crippen LogP) is 3.94. The maximum Gasteiger partial charge on any atom is 0.252 e. The SMILES string of the molecule is O=C(NCCNC(=O)c1ccc(Oc2ccc(Br)cc2)c(F)c1)c1cccnc1. The molecule has 0 fully saturated rings. The van der Waals surface area contributed by atoms with Gasteiger partial charge in [0.2, 0.25) is 0 Å². The minimum Gasteiger partial charge on any atom is -0.454 e. The second-order valence-electron chi connectivity index (χ2n) is 5.95. The number of aromatic nitrogens is 1. The van der Waals surface area contributed by atoms with Gasteiger partial charge in [-0.1, -0.05) is 15.9 Å². The zero-order valence-electron chi connectivity index (χ0n) is 15.2. The predicted molar refractivity (Wildman–Crippen MR) is 110 cm³/mol. The maximum atomic E-state index is 14.3. The van der Waals surface area contributed by atoms with Crippen LogP contribution in [0.5, 0.6) is 11.5 Å². The summed E-state index contributed by atoms with van der Waals surface area (Å²) in [6, 6.07) is 14.2. The molecule has 29 heavy (non-hydrogen) atoms. The lowest BCUT2D eigenvalue weighted by molar-refractivity contribution is 0.0927. The van der Waals surface area contributed by atoms with Gasteiger partial charge in [-0.2, -0.15) is 0 Å². The van der Waals surface area contributed by atoms with E-state index in [-0.39, 0.29) is 30.3 Å². The largest absolute Gasteiger partial charge is 0.454 e. The highest BCUT2D eigenvalue weighted by atomic mass is 79.9. The van der Waals surface area contributed by atoms with Crippen LogP contribution in [0.15, 0.2) is 71.5 Å². The first kappa shape index (κ1) is 20.5. The third-order valence-corrected chi connectivity index (χ3v) is 4.38. The van der Waals surface area contributed by atoms with Crippen molar-refractivity contribution in [2.45, 2.75) is 0 Å². The lowest BCUT2D eigenvalue weighted by atomic mass is 10.2. The minimum atomic E-state index is -0.648. The Balaban J connectivity index is 1.50. The zero-order valence-corrected chi connectivity index (χ0v) is 16.8. The van der Waals surface area contributed by atoms with Crippen molar-refractivity contribution in [2.75, 3.05) is 13.1 Å². The van der Waals surface area contributed by atoms with Gasteiger partial charge in [-0.05, 0) is 54.6 Å². The third-order valence-electron chi connectivity index (χ3n) is 3.86. The second-order valence-corrected chi connectivity index (χ2v) is 6.87. The van der Waals surface area contributed by atoms with Crippen molar-refractivity contribution >= 4 is 27.7 Å². The van der Waals surface area contributed by atoms with E-state index < -0.39 is 11.7 Å². The molecule has 0 atom stereocenters. The highest BCUT2D eigenvalue weighted by Crippen LogP contribution is 2.26. The molecular formula is C21H17BrFN3O3. The van der Waals surface area contributed by atoms with Crippen molar-refractivity contribution < 1.29 is 18.7 Å². The van der Waals surface area contributed by atoms with E-state index in [0.29, 0.717) is 11.3 Å². The van der Waals surface area contributed by atoms with Crippen LogP contribution in [0.3, 0.4) is 0 Å². The van der Waals surface area contributed by atoms with Crippen molar-refractivity contribution in [3.8, 4) is 11.5 Å². The molecule has 0 aliphatic carbocycles. The zero-order chi connectivity index (χ0) is 20.6. The molecule has 0 radical (unpaired) electrons. The average molecular weight is 458 g/mol. The highest BCUT2D eigenvalue weighted by molar-refractivity contribution is 9.10. The Morgan fingerprint density at radius 1 is 0.966 bits per heavy atom. The molecule has 1 heterocycles. The number of hydrogen-bond acceptors (Lipinski definition) is 4. The van der Waals surface area contributed by atoms with E-state index in [1.807, 2.05) is 0 Å². The van der Waals surface area contributed by atoms with E-state index in [1.54, 1.807) is 42.6 Å². The van der Waals surface area contributed by atoms with E-state index in [9.17, 15) is 14.0 Å². The summed E-state index contributed by atoms with van der Waals surface area (Å²) in [7, 11) is 0. The number of carbonyl (C=O) groups excluding carboxylic acids is 2. The molecule has 0 aliphatic heterocycles. The molecule has 0 aliphatic rings. The highest BCUT2D eigenvalue weighted by Gasteiger charge is 2.11. The van der Waals surface area contributed by atoms with Gasteiger partial charge in [-0.3, -0.25) is 14.6 Å². The molecule has 3 aromatic rings. The topological polar surface area (TPSA) is 80.3 Å². The van der Waals surface area contributed by atoms with Crippen LogP contribution in [-0.4, -0.2) is 29.9 Å². The summed E-state index contributed by atoms with van der Waals surface area (Å²) in [5, 5.41) is 5.29. The van der Waals surface area contributed by atoms with Gasteiger partial charge in [-0.15, -0.1) is 0 Å². The van der Waals surface area contributed by atoms with Crippen molar-refractivity contribution in [2.24, 2.45) is 0 Å². The average Bonchev–Trinajstić information content (AvgIpc) is 2.74. The number of rotatable bonds is 7. The summed E-state index contributed by atoms with van der Waals surface area (Å²) in [6.45, 7) is 0.427. The van der Waals surface area contributed by atoms with E-state index in [0.717, 1.165) is 10.5 Å². The molecule has 148 valence electrons. The second kappa shape index (κ2) is 9.79. The molecule has 2 aromatic carbocycles. The van der Waals surface area contributed by atoms with Gasteiger partial charge < -0.3 is 15.4 Å². The number of benzene rings is 2. The Morgan fingerprint density at radius 2 is 1.66 bits per heavy atom. The van der Waals surface area contributed by atoms with Crippen LogP contribution in [0.1, 0.15) is 20.7 Å². The lowest BCUT2D eigenvalue weighted by Crippen LogP contribution is -2.34. The number of halogens is 2. The molecule has 6 nitrogen and oxygen atoms in total. The van der Waals surface area contributed by atoms with Crippen molar-refractivity contribution in [3.63, 3.8) is 0 Å². The fourth-order valence-corrected chi connectivity index (χ4v) is 2.67. The summed E-state index contributed by atoms with van der Waals surface area (Å²) in [5.41, 5.74) is 0.589. The van der Waals surface area contributed by atoms with Gasteiger partial charge in [0.05, 0.1) is 5.56 Å². The number of hydrogen-bond donors (Lipinski definition) is 2. The number of pyridine rings is 1. The van der Waals surface area contributed by atoms with Crippen LogP contribution < -0.4 is 15.4 Å². The maximum absolute atomic E-state index is 14.3. The smallest absolute Gasteiger partial charge is 0.252 e. The van der Waals surface area contributed by atoms with Crippen LogP contribution in [0.25, 0.3) is 0 Å². The summed E-state index contributed by atoms with van der Waals surface area (Å²) in [4.78, 5) is 27.9. The first-order chi connectivity index (χ1) is 14.0. The first-order valence-electron chi connectivity index (χ1n) is 8.72. The first-order valence-corrected chi connectivity index (χ1v) is 9.51. The van der Waals surface area contributed by atoms with Gasteiger partial charge >= 0.3 is 0 Å². The normalized spacial score (nSPS) is 10.3. The summed E-state index contributed by atoms with van der Waals surface area (Å²) in [6.07, 6.45) is 3.03. The summed E-state index contributed by atoms with van der Waals surface area (Å²) < 4.78 is 20.6. The molecule has 0 saturated heterocycles. The Kier molecular flexibility index (Phi) is 6.91. The van der Waals surface area contributed by atoms with Crippen LogP contribution in [-0.2, 0) is 0 Å². The number of nitrogens with one attached hydrogen (secondary N) is 2. The molecular weight excluding hydrogens is 441 g/mol. The van der Waals surface area contributed by atoms with Crippen LogP contribution in [0.2, 0.25) is 0 Å². The lowest BCUT2D eigenvalue weighted by Gasteiger charge is -2.10. The van der Waals surface area contributed by atoms with Crippen molar-refractivity contribution in [1.29, 1.82) is 0 Å². The van der Waals surface area contributed by atoms with Crippen LogP contribution >= 0.6 is 15.9 Å². The number of nitrogens with zero attached hydrogens (tertiary/aromatic N) is 1. The molecule has 8 heteroatoms. The number of ether oxygens (including phenoxy) is 1. The van der Waals surface area contributed by atoms with Crippen molar-refractivity contribution in [1.82, 2.24) is 15.6 Å². The van der Waals surface area contributed by atoms with E-state index in [2.05, 4.69) is 31.5 Å². The third kappa shape index (κ3) is 5.86. The Morgan fingerprint density at radius 3 is 2.28 bits per heavy atom. The van der Waals surface area contributed by atoms with Gasteiger partial charge in [0.25, 0.3) is 11.8 Å². The molecule has 0 bridgehead atoms. The monoisotopic (exact) mass is 457 g/mol. The Hall–Kier alpha value is -3.26. The molecule has 0 saturated carbocycles. The Labute approximate surface area is 175 Å². The fourth-order valence-electron chi connectivity index (χ4n) is 2.41. The van der Waals surface area contributed by atoms with Gasteiger partial charge in [0.1, 0.15) is 5.75 Å². The molecule has 1 aromatic heterocycles. The van der Waals surface area contributed by atoms with E-state index >= 15 is 0 Å². The fraction of sp³-hybridized carbons (Fsp3) is 0.0952. The standard InChI is InChI=1S/C21H17BrFN3O3/c22-16-4-6-17(7-5-16)29-19-8-3-14(12-18(19)23)20(27)25-10-11-26-21(28)15-2-1-9-24-13-15/h1-9,12-13H,10-11H2,(H,25,27)(H,26,28). The van der Waals surface area contributed by atoms with Crippen molar-refractivity contribution in [3.05, 3.63) is 88.4 Å². The summed E-state index contributed by atoms with van der Waals surface area (Å²) in [5.74, 6) is -0.880. The Bertz CT molecular complexity index is 998. The van der Waals surface area contributed by atoms with Gasteiger partial charge in [0.15, 0.2) is 11.6 Å². The molecule has 0 spiro atoms. The van der Waals surface area contributed by atoms with E-state index in [1.165, 1.54) is 18.3 Å². The number of carbonyl (C=O) groups is 2. The molecule has 3 rings (SSSR count). The molecule has 2 N–H and O–H groups in total. The quantitative estimate of drug-likeness (QED) is 0.526. The minimum absolute atomic E-state index is 0.0209. The number of amides is 2. The summed E-state index contributed by atoms with van der Waals surface area (Å²) >= 11 is 3.32. The van der Waals surface area contributed by atoms with Gasteiger partial charge in [-0.25, -0.2) is 4.39 Å².